The lowest BCUT2D eigenvalue weighted by atomic mass is 10.2. The van der Waals surface area contributed by atoms with Crippen LogP contribution in [0.3, 0.4) is 0 Å². The van der Waals surface area contributed by atoms with E-state index in [0.29, 0.717) is 18.7 Å². The maximum Gasteiger partial charge on any atom is 0.340 e. The van der Waals surface area contributed by atoms with Crippen LogP contribution in [0.25, 0.3) is 0 Å². The molecule has 7 heteroatoms. The number of hydrogen-bond acceptors (Lipinski definition) is 5. The number of aryl methyl sites for hydroxylation is 1. The Morgan fingerprint density at radius 2 is 1.97 bits per heavy atom. The quantitative estimate of drug-likeness (QED) is 0.573. The Morgan fingerprint density at radius 3 is 2.69 bits per heavy atom. The molecule has 0 fully saturated rings. The second-order valence-corrected chi connectivity index (χ2v) is 7.69. The number of hydrogen-bond donors (Lipinski definition) is 1. The van der Waals surface area contributed by atoms with E-state index in [1.807, 2.05) is 49.6 Å². The highest BCUT2D eigenvalue weighted by molar-refractivity contribution is 7.09. The molecule has 1 N–H and O–H groups in total. The lowest BCUT2D eigenvalue weighted by Crippen LogP contribution is -2.28. The number of carbonyl (C=O) groups excluding carboxylic acids is 2. The van der Waals surface area contributed by atoms with Gasteiger partial charge in [-0.25, -0.2) is 4.79 Å². The molecule has 2 aromatic heterocycles. The smallest absolute Gasteiger partial charge is 0.340 e. The molecule has 0 aliphatic carbocycles. The number of ether oxygens (including phenoxy) is 2. The molecule has 0 aliphatic heterocycles. The fraction of sp³-hybridized carbons (Fsp3) is 0.273. The molecule has 0 atom stereocenters. The fourth-order valence-corrected chi connectivity index (χ4v) is 3.75. The first-order valence-electron chi connectivity index (χ1n) is 9.23. The molecular weight excluding hydrogens is 388 g/mol. The molecule has 0 spiro atoms. The van der Waals surface area contributed by atoms with Crippen LogP contribution in [0.2, 0.25) is 0 Å². The SMILES string of the molecule is COc1cccc(CNC(=O)COC(=O)c2cc(C)n(Cc3cccs3)c2C)c1. The van der Waals surface area contributed by atoms with Crippen LogP contribution in [0, 0.1) is 13.8 Å². The third-order valence-electron chi connectivity index (χ3n) is 4.65. The van der Waals surface area contributed by atoms with Crippen molar-refractivity contribution in [1.29, 1.82) is 0 Å². The normalized spacial score (nSPS) is 10.6. The third kappa shape index (κ3) is 5.26. The Balaban J connectivity index is 1.54. The second kappa shape index (κ2) is 9.43. The van der Waals surface area contributed by atoms with Crippen molar-refractivity contribution in [1.82, 2.24) is 9.88 Å². The van der Waals surface area contributed by atoms with Gasteiger partial charge in [0, 0.05) is 22.8 Å². The average molecular weight is 413 g/mol. The van der Waals surface area contributed by atoms with Crippen LogP contribution in [0.4, 0.5) is 0 Å². The number of carbonyl (C=O) groups is 2. The molecule has 1 aromatic carbocycles. The van der Waals surface area contributed by atoms with Crippen LogP contribution >= 0.6 is 11.3 Å². The molecule has 1 amide bonds. The van der Waals surface area contributed by atoms with Crippen molar-refractivity contribution in [2.75, 3.05) is 13.7 Å². The Labute approximate surface area is 174 Å². The van der Waals surface area contributed by atoms with E-state index in [1.54, 1.807) is 24.5 Å². The number of aromatic nitrogens is 1. The number of nitrogens with one attached hydrogen (secondary N) is 1. The summed E-state index contributed by atoms with van der Waals surface area (Å²) in [6.07, 6.45) is 0. The molecule has 3 aromatic rings. The van der Waals surface area contributed by atoms with Crippen LogP contribution in [0.5, 0.6) is 5.75 Å². The molecule has 0 saturated carbocycles. The third-order valence-corrected chi connectivity index (χ3v) is 5.51. The molecule has 29 heavy (non-hydrogen) atoms. The molecule has 0 aliphatic rings. The predicted molar refractivity (Wildman–Crippen MR) is 112 cm³/mol. The van der Waals surface area contributed by atoms with E-state index in [4.69, 9.17) is 9.47 Å². The van der Waals surface area contributed by atoms with Crippen LogP contribution < -0.4 is 10.1 Å². The first kappa shape index (κ1) is 20.7. The molecule has 0 saturated heterocycles. The van der Waals surface area contributed by atoms with E-state index in [1.165, 1.54) is 4.88 Å². The highest BCUT2D eigenvalue weighted by Crippen LogP contribution is 2.20. The van der Waals surface area contributed by atoms with E-state index in [2.05, 4.69) is 16.0 Å². The van der Waals surface area contributed by atoms with Crippen molar-refractivity contribution in [3.63, 3.8) is 0 Å². The number of thiophene rings is 1. The summed E-state index contributed by atoms with van der Waals surface area (Å²) in [6.45, 7) is 4.57. The summed E-state index contributed by atoms with van der Waals surface area (Å²) in [5.74, 6) is -0.123. The Morgan fingerprint density at radius 1 is 1.14 bits per heavy atom. The maximum atomic E-state index is 12.5. The van der Waals surface area contributed by atoms with Crippen molar-refractivity contribution in [2.24, 2.45) is 0 Å². The molecular formula is C22H24N2O4S. The first-order valence-corrected chi connectivity index (χ1v) is 10.1. The number of rotatable bonds is 8. The van der Waals surface area contributed by atoms with Gasteiger partial charge in [0.25, 0.3) is 5.91 Å². The number of methoxy groups -OCH3 is 1. The van der Waals surface area contributed by atoms with E-state index in [9.17, 15) is 9.59 Å². The summed E-state index contributed by atoms with van der Waals surface area (Å²) in [6, 6.07) is 13.3. The van der Waals surface area contributed by atoms with Gasteiger partial charge < -0.3 is 19.4 Å². The largest absolute Gasteiger partial charge is 0.497 e. The van der Waals surface area contributed by atoms with Gasteiger partial charge in [0.15, 0.2) is 6.61 Å². The number of amides is 1. The summed E-state index contributed by atoms with van der Waals surface area (Å²) in [4.78, 5) is 25.7. The van der Waals surface area contributed by atoms with Crippen LogP contribution in [0.15, 0.2) is 47.8 Å². The summed E-state index contributed by atoms with van der Waals surface area (Å²) in [7, 11) is 1.59. The Kier molecular flexibility index (Phi) is 6.72. The molecule has 6 nitrogen and oxygen atoms in total. The maximum absolute atomic E-state index is 12.5. The van der Waals surface area contributed by atoms with Crippen molar-refractivity contribution in [3.8, 4) is 5.75 Å². The van der Waals surface area contributed by atoms with E-state index in [0.717, 1.165) is 22.7 Å². The van der Waals surface area contributed by atoms with Crippen molar-refractivity contribution < 1.29 is 19.1 Å². The van der Waals surface area contributed by atoms with Gasteiger partial charge in [-0.15, -0.1) is 11.3 Å². The van der Waals surface area contributed by atoms with Crippen LogP contribution in [0.1, 0.15) is 32.2 Å². The molecule has 2 heterocycles. The zero-order chi connectivity index (χ0) is 20.8. The summed E-state index contributed by atoms with van der Waals surface area (Å²) >= 11 is 1.68. The van der Waals surface area contributed by atoms with Gasteiger partial charge in [0.1, 0.15) is 5.75 Å². The van der Waals surface area contributed by atoms with Gasteiger partial charge in [0.2, 0.25) is 0 Å². The van der Waals surface area contributed by atoms with Crippen molar-refractivity contribution in [2.45, 2.75) is 26.9 Å². The summed E-state index contributed by atoms with van der Waals surface area (Å²) < 4.78 is 12.5. The lowest BCUT2D eigenvalue weighted by Gasteiger charge is -2.09. The summed E-state index contributed by atoms with van der Waals surface area (Å²) in [5, 5.41) is 4.77. The molecule has 0 bridgehead atoms. The highest BCUT2D eigenvalue weighted by Gasteiger charge is 2.18. The van der Waals surface area contributed by atoms with E-state index in [-0.39, 0.29) is 12.5 Å². The van der Waals surface area contributed by atoms with Gasteiger partial charge in [-0.1, -0.05) is 18.2 Å². The monoisotopic (exact) mass is 412 g/mol. The lowest BCUT2D eigenvalue weighted by molar-refractivity contribution is -0.124. The first-order chi connectivity index (χ1) is 14.0. The summed E-state index contributed by atoms with van der Waals surface area (Å²) in [5.41, 5.74) is 3.20. The number of esters is 1. The average Bonchev–Trinajstić information content (AvgIpc) is 3.34. The van der Waals surface area contributed by atoms with Crippen LogP contribution in [-0.4, -0.2) is 30.2 Å². The Hall–Kier alpha value is -3.06. The molecule has 0 radical (unpaired) electrons. The van der Waals surface area contributed by atoms with Gasteiger partial charge in [0.05, 0.1) is 19.2 Å². The Bertz CT molecular complexity index is 992. The standard InChI is InChI=1S/C22H24N2O4S/c1-15-10-20(16(2)24(15)13-19-8-5-9-29-19)22(26)28-14-21(25)23-12-17-6-4-7-18(11-17)27-3/h4-11H,12-14H2,1-3H3,(H,23,25). The predicted octanol–water partition coefficient (Wildman–Crippen LogP) is 3.70. The minimum atomic E-state index is -0.493. The minimum absolute atomic E-state index is 0.322. The van der Waals surface area contributed by atoms with Crippen LogP contribution in [-0.2, 0) is 22.6 Å². The minimum Gasteiger partial charge on any atom is -0.497 e. The van der Waals surface area contributed by atoms with Crippen molar-refractivity contribution >= 4 is 23.2 Å². The number of benzene rings is 1. The van der Waals surface area contributed by atoms with E-state index >= 15 is 0 Å². The molecule has 3 rings (SSSR count). The van der Waals surface area contributed by atoms with Gasteiger partial charge in [-0.2, -0.15) is 0 Å². The zero-order valence-corrected chi connectivity index (χ0v) is 17.5. The van der Waals surface area contributed by atoms with E-state index < -0.39 is 5.97 Å². The molecule has 0 unspecified atom stereocenters. The topological polar surface area (TPSA) is 69.6 Å². The van der Waals surface area contributed by atoms with Gasteiger partial charge >= 0.3 is 5.97 Å². The van der Waals surface area contributed by atoms with Crippen molar-refractivity contribution in [3.05, 3.63) is 75.2 Å². The zero-order valence-electron chi connectivity index (χ0n) is 16.7. The van der Waals surface area contributed by atoms with Gasteiger partial charge in [-0.05, 0) is 49.1 Å². The fourth-order valence-electron chi connectivity index (χ4n) is 3.05. The van der Waals surface area contributed by atoms with Gasteiger partial charge in [-0.3, -0.25) is 4.79 Å². The second-order valence-electron chi connectivity index (χ2n) is 6.65. The number of nitrogens with zero attached hydrogens (tertiary/aromatic N) is 1. The molecule has 152 valence electrons. The highest BCUT2D eigenvalue weighted by atomic mass is 32.1.